The molecule has 0 saturated carbocycles. The maximum Gasteiger partial charge on any atom is 0.178 e. The number of nitrogens with one attached hydrogen (secondary N) is 1. The lowest BCUT2D eigenvalue weighted by atomic mass is 10.1. The highest BCUT2D eigenvalue weighted by molar-refractivity contribution is 5.49. The Bertz CT molecular complexity index is 584. The molecule has 0 unspecified atom stereocenters. The molecule has 20 heavy (non-hydrogen) atoms. The third kappa shape index (κ3) is 3.22. The quantitative estimate of drug-likeness (QED) is 0.933. The Kier molecular flexibility index (Phi) is 3.90. The normalized spacial score (nSPS) is 11.9. The Morgan fingerprint density at radius 2 is 1.75 bits per heavy atom. The Hall–Kier alpha value is -1.75. The molecule has 0 bridgehead atoms. The lowest BCUT2D eigenvalue weighted by Gasteiger charge is -2.22. The molecular weight excluding hydrogens is 250 g/mol. The van der Waals surface area contributed by atoms with E-state index in [2.05, 4.69) is 41.0 Å². The van der Waals surface area contributed by atoms with Crippen LogP contribution in [0.4, 0.5) is 0 Å². The van der Waals surface area contributed by atoms with Gasteiger partial charge in [-0.3, -0.25) is 0 Å². The predicted molar refractivity (Wildman–Crippen MR) is 80.3 cm³/mol. The van der Waals surface area contributed by atoms with Gasteiger partial charge < -0.3 is 9.88 Å². The summed E-state index contributed by atoms with van der Waals surface area (Å²) >= 11 is 0. The Morgan fingerprint density at radius 3 is 2.20 bits per heavy atom. The summed E-state index contributed by atoms with van der Waals surface area (Å²) in [6.07, 6.45) is 3.56. The van der Waals surface area contributed by atoms with Crippen molar-refractivity contribution >= 4 is 0 Å². The van der Waals surface area contributed by atoms with E-state index in [0.29, 0.717) is 0 Å². The van der Waals surface area contributed by atoms with Gasteiger partial charge in [0.1, 0.15) is 5.69 Å². The molecule has 5 heteroatoms. The highest BCUT2D eigenvalue weighted by atomic mass is 15.1. The van der Waals surface area contributed by atoms with E-state index < -0.39 is 0 Å². The van der Waals surface area contributed by atoms with E-state index >= 15 is 0 Å². The summed E-state index contributed by atoms with van der Waals surface area (Å²) in [6, 6.07) is 0. The molecule has 108 valence electrons. The van der Waals surface area contributed by atoms with Gasteiger partial charge in [0.25, 0.3) is 0 Å². The molecule has 5 nitrogen and oxygen atoms in total. The monoisotopic (exact) mass is 273 g/mol. The van der Waals surface area contributed by atoms with Crippen molar-refractivity contribution in [2.45, 2.75) is 46.7 Å². The van der Waals surface area contributed by atoms with Crippen LogP contribution in [0.2, 0.25) is 0 Å². The van der Waals surface area contributed by atoms with Crippen molar-refractivity contribution < 1.29 is 0 Å². The molecule has 0 saturated heterocycles. The number of nitrogens with zero attached hydrogens (tertiary/aromatic N) is 4. The topological polar surface area (TPSA) is 55.6 Å². The second-order valence-electron chi connectivity index (χ2n) is 6.19. The fourth-order valence-corrected chi connectivity index (χ4v) is 2.04. The zero-order chi connectivity index (χ0) is 14.9. The molecule has 0 aliphatic rings. The van der Waals surface area contributed by atoms with Gasteiger partial charge in [0.05, 0.1) is 12.5 Å². The standard InChI is InChI=1S/C15H23N5/c1-10-12(7-17-15(3,4)5)11(2)19-14(18-10)13-8-16-9-20(13)6/h8-9,17H,7H2,1-6H3. The third-order valence-electron chi connectivity index (χ3n) is 3.26. The van der Waals surface area contributed by atoms with Gasteiger partial charge >= 0.3 is 0 Å². The Balaban J connectivity index is 2.32. The average molecular weight is 273 g/mol. The first-order valence-electron chi connectivity index (χ1n) is 6.84. The van der Waals surface area contributed by atoms with Gasteiger partial charge in [-0.25, -0.2) is 15.0 Å². The van der Waals surface area contributed by atoms with Gasteiger partial charge in [0, 0.05) is 36.1 Å². The minimum absolute atomic E-state index is 0.0829. The van der Waals surface area contributed by atoms with Crippen LogP contribution in [0.5, 0.6) is 0 Å². The van der Waals surface area contributed by atoms with E-state index in [9.17, 15) is 0 Å². The van der Waals surface area contributed by atoms with Crippen LogP contribution in [-0.4, -0.2) is 25.1 Å². The molecule has 0 aromatic carbocycles. The summed E-state index contributed by atoms with van der Waals surface area (Å²) in [6.45, 7) is 11.3. The molecule has 0 spiro atoms. The van der Waals surface area contributed by atoms with Gasteiger partial charge in [0.2, 0.25) is 0 Å². The summed E-state index contributed by atoms with van der Waals surface area (Å²) in [4.78, 5) is 13.4. The van der Waals surface area contributed by atoms with Crippen LogP contribution in [0.3, 0.4) is 0 Å². The zero-order valence-electron chi connectivity index (χ0n) is 13.2. The van der Waals surface area contributed by atoms with E-state index in [1.54, 1.807) is 12.5 Å². The fourth-order valence-electron chi connectivity index (χ4n) is 2.04. The lowest BCUT2D eigenvalue weighted by molar-refractivity contribution is 0.422. The van der Waals surface area contributed by atoms with Crippen LogP contribution >= 0.6 is 0 Å². The van der Waals surface area contributed by atoms with Crippen molar-refractivity contribution in [1.82, 2.24) is 24.8 Å². The molecule has 0 aliphatic carbocycles. The number of aryl methyl sites for hydroxylation is 3. The molecule has 2 heterocycles. The van der Waals surface area contributed by atoms with E-state index in [0.717, 1.165) is 29.5 Å². The molecule has 2 rings (SSSR count). The van der Waals surface area contributed by atoms with Gasteiger partial charge in [-0.2, -0.15) is 0 Å². The average Bonchev–Trinajstić information content (AvgIpc) is 2.72. The van der Waals surface area contributed by atoms with E-state index in [-0.39, 0.29) is 5.54 Å². The molecule has 0 amide bonds. The zero-order valence-corrected chi connectivity index (χ0v) is 13.2. The molecule has 0 radical (unpaired) electrons. The van der Waals surface area contributed by atoms with E-state index in [1.165, 1.54) is 5.56 Å². The number of imidazole rings is 1. The van der Waals surface area contributed by atoms with Crippen molar-refractivity contribution in [2.75, 3.05) is 0 Å². The molecule has 0 fully saturated rings. The van der Waals surface area contributed by atoms with Gasteiger partial charge in [-0.1, -0.05) is 0 Å². The first kappa shape index (κ1) is 14.7. The van der Waals surface area contributed by atoms with Crippen molar-refractivity contribution in [2.24, 2.45) is 7.05 Å². The molecule has 1 N–H and O–H groups in total. The molecule has 2 aromatic heterocycles. The Morgan fingerprint density at radius 1 is 1.15 bits per heavy atom. The second-order valence-corrected chi connectivity index (χ2v) is 6.19. The minimum atomic E-state index is 0.0829. The highest BCUT2D eigenvalue weighted by Crippen LogP contribution is 2.18. The Labute approximate surface area is 120 Å². The summed E-state index contributed by atoms with van der Waals surface area (Å²) in [7, 11) is 1.95. The minimum Gasteiger partial charge on any atom is -0.331 e. The number of hydrogen-bond donors (Lipinski definition) is 1. The first-order chi connectivity index (χ1) is 9.28. The van der Waals surface area contributed by atoms with Gasteiger partial charge in [0.15, 0.2) is 5.82 Å². The van der Waals surface area contributed by atoms with Crippen LogP contribution in [0, 0.1) is 13.8 Å². The highest BCUT2D eigenvalue weighted by Gasteiger charge is 2.14. The third-order valence-corrected chi connectivity index (χ3v) is 3.26. The summed E-state index contributed by atoms with van der Waals surface area (Å²) in [5.41, 5.74) is 4.23. The van der Waals surface area contributed by atoms with E-state index in [1.807, 2.05) is 25.5 Å². The van der Waals surface area contributed by atoms with Gasteiger partial charge in [-0.05, 0) is 34.6 Å². The molecule has 0 aliphatic heterocycles. The smallest absolute Gasteiger partial charge is 0.178 e. The lowest BCUT2D eigenvalue weighted by Crippen LogP contribution is -2.35. The van der Waals surface area contributed by atoms with Crippen LogP contribution in [-0.2, 0) is 13.6 Å². The van der Waals surface area contributed by atoms with Gasteiger partial charge in [-0.15, -0.1) is 0 Å². The summed E-state index contributed by atoms with van der Waals surface area (Å²) in [5, 5.41) is 3.49. The van der Waals surface area contributed by atoms with Crippen LogP contribution in [0.25, 0.3) is 11.5 Å². The molecular formula is C15H23N5. The maximum absolute atomic E-state index is 4.63. The SMILES string of the molecule is Cc1nc(-c2cncn2C)nc(C)c1CNC(C)(C)C. The first-order valence-corrected chi connectivity index (χ1v) is 6.84. The number of rotatable bonds is 3. The second kappa shape index (κ2) is 5.32. The number of hydrogen-bond acceptors (Lipinski definition) is 4. The van der Waals surface area contributed by atoms with Crippen molar-refractivity contribution in [3.05, 3.63) is 29.5 Å². The molecule has 2 aromatic rings. The van der Waals surface area contributed by atoms with Crippen molar-refractivity contribution in [3.63, 3.8) is 0 Å². The maximum atomic E-state index is 4.63. The fraction of sp³-hybridized carbons (Fsp3) is 0.533. The summed E-state index contributed by atoms with van der Waals surface area (Å²) < 4.78 is 1.93. The van der Waals surface area contributed by atoms with Crippen molar-refractivity contribution in [3.8, 4) is 11.5 Å². The van der Waals surface area contributed by atoms with Crippen LogP contribution in [0.1, 0.15) is 37.7 Å². The predicted octanol–water partition coefficient (Wildman–Crippen LogP) is 2.38. The van der Waals surface area contributed by atoms with E-state index in [4.69, 9.17) is 0 Å². The number of aromatic nitrogens is 4. The van der Waals surface area contributed by atoms with Crippen LogP contribution in [0.15, 0.2) is 12.5 Å². The molecule has 0 atom stereocenters. The van der Waals surface area contributed by atoms with Crippen molar-refractivity contribution in [1.29, 1.82) is 0 Å². The van der Waals surface area contributed by atoms with Crippen LogP contribution < -0.4 is 5.32 Å². The summed E-state index contributed by atoms with van der Waals surface area (Å²) in [5.74, 6) is 0.736. The largest absolute Gasteiger partial charge is 0.331 e.